The fourth-order valence-electron chi connectivity index (χ4n) is 4.48. The molecule has 0 aromatic heterocycles. The molecule has 0 spiro atoms. The molecule has 1 amide bonds. The molecule has 2 aliphatic heterocycles. The highest BCUT2D eigenvalue weighted by Gasteiger charge is 2.51. The van der Waals surface area contributed by atoms with E-state index in [2.05, 4.69) is 5.32 Å². The summed E-state index contributed by atoms with van der Waals surface area (Å²) < 4.78 is 35.0. The number of benzene rings is 3. The van der Waals surface area contributed by atoms with E-state index >= 15 is 4.39 Å². The maximum absolute atomic E-state index is 15.1. The first-order valence-corrected chi connectivity index (χ1v) is 11.8. The maximum atomic E-state index is 15.1. The molecule has 3 aromatic rings. The molecule has 0 saturated carbocycles. The zero-order valence-corrected chi connectivity index (χ0v) is 19.2. The molecule has 0 radical (unpaired) electrons. The molecule has 7 heteroatoms. The standard InChI is InChI=1S/C27H22F2N2O2S/c1-17-22-15-24(18-8-4-2-5-9-18)33-16-27(22,21-13-12-20(28)14-23(21)29)31-26(34-17)30-25(32)19-10-6-3-7-11-19/h2-15,17,22H,16H2,1H3,(H,30,31,32)/t17-,22+,27-/m1/s1. The van der Waals surface area contributed by atoms with Gasteiger partial charge in [-0.15, -0.1) is 0 Å². The third-order valence-electron chi connectivity index (χ3n) is 6.15. The number of hydrogen-bond donors (Lipinski definition) is 1. The van der Waals surface area contributed by atoms with Crippen LogP contribution in [-0.2, 0) is 10.3 Å². The molecule has 5 rings (SSSR count). The van der Waals surface area contributed by atoms with Crippen molar-refractivity contribution < 1.29 is 18.3 Å². The Bertz CT molecular complexity index is 1280. The van der Waals surface area contributed by atoms with Gasteiger partial charge in [0.2, 0.25) is 0 Å². The Kier molecular flexibility index (Phi) is 5.96. The molecule has 3 aromatic carbocycles. The van der Waals surface area contributed by atoms with Gasteiger partial charge in [-0.05, 0) is 24.3 Å². The van der Waals surface area contributed by atoms with Crippen LogP contribution in [0, 0.1) is 17.6 Å². The summed E-state index contributed by atoms with van der Waals surface area (Å²) in [7, 11) is 0. The average Bonchev–Trinajstić information content (AvgIpc) is 2.85. The van der Waals surface area contributed by atoms with Gasteiger partial charge in [0.15, 0.2) is 5.17 Å². The van der Waals surface area contributed by atoms with Crippen molar-refractivity contribution in [2.75, 3.05) is 6.61 Å². The number of fused-ring (bicyclic) bond motifs is 1. The van der Waals surface area contributed by atoms with E-state index in [0.717, 1.165) is 11.6 Å². The second-order valence-electron chi connectivity index (χ2n) is 8.32. The maximum Gasteiger partial charge on any atom is 0.257 e. The van der Waals surface area contributed by atoms with E-state index < -0.39 is 17.2 Å². The topological polar surface area (TPSA) is 50.7 Å². The summed E-state index contributed by atoms with van der Waals surface area (Å²) in [5.41, 5.74) is 0.495. The number of nitrogens with one attached hydrogen (secondary N) is 1. The molecule has 3 atom stereocenters. The van der Waals surface area contributed by atoms with Gasteiger partial charge in [-0.2, -0.15) is 0 Å². The normalized spacial score (nSPS) is 23.7. The third kappa shape index (κ3) is 4.12. The van der Waals surface area contributed by atoms with Crippen LogP contribution in [0.3, 0.4) is 0 Å². The highest BCUT2D eigenvalue weighted by atomic mass is 32.2. The summed E-state index contributed by atoms with van der Waals surface area (Å²) in [6, 6.07) is 22.0. The summed E-state index contributed by atoms with van der Waals surface area (Å²) in [6.07, 6.45) is 1.97. The van der Waals surface area contributed by atoms with Gasteiger partial charge in [0.1, 0.15) is 29.5 Å². The van der Waals surface area contributed by atoms with Gasteiger partial charge in [-0.1, -0.05) is 73.3 Å². The summed E-state index contributed by atoms with van der Waals surface area (Å²) >= 11 is 1.42. The summed E-state index contributed by atoms with van der Waals surface area (Å²) in [6.45, 7) is 2.07. The second-order valence-corrected chi connectivity index (χ2v) is 9.69. The Labute approximate surface area is 200 Å². The van der Waals surface area contributed by atoms with Gasteiger partial charge in [-0.3, -0.25) is 4.79 Å². The smallest absolute Gasteiger partial charge is 0.257 e. The lowest BCUT2D eigenvalue weighted by Crippen LogP contribution is -2.50. The minimum absolute atomic E-state index is 0.0521. The van der Waals surface area contributed by atoms with Crippen LogP contribution in [0.25, 0.3) is 5.76 Å². The summed E-state index contributed by atoms with van der Waals surface area (Å²) in [4.78, 5) is 17.7. The number of hydrogen-bond acceptors (Lipinski definition) is 4. The molecule has 172 valence electrons. The van der Waals surface area contributed by atoms with Crippen LogP contribution < -0.4 is 5.32 Å². The van der Waals surface area contributed by atoms with Gasteiger partial charge < -0.3 is 10.1 Å². The number of rotatable bonds is 3. The SMILES string of the molecule is C[C@H]1SC(NC(=O)c2ccccc2)=N[C@@]2(c3ccc(F)cc3F)COC(c3ccccc3)=C[C@@H]12. The Balaban J connectivity index is 1.59. The molecule has 0 unspecified atom stereocenters. The van der Waals surface area contributed by atoms with E-state index in [1.165, 1.54) is 23.9 Å². The van der Waals surface area contributed by atoms with Gasteiger partial charge in [0.05, 0.1) is 0 Å². The number of halogens is 2. The molecule has 0 saturated heterocycles. The van der Waals surface area contributed by atoms with Crippen molar-refractivity contribution in [3.05, 3.63) is 113 Å². The van der Waals surface area contributed by atoms with E-state index in [-0.39, 0.29) is 29.2 Å². The van der Waals surface area contributed by atoms with Crippen LogP contribution in [0.4, 0.5) is 8.78 Å². The number of ether oxygens (including phenoxy) is 1. The van der Waals surface area contributed by atoms with E-state index in [4.69, 9.17) is 9.73 Å². The number of nitrogens with zero attached hydrogens (tertiary/aromatic N) is 1. The zero-order chi connectivity index (χ0) is 23.7. The number of thioether (sulfide) groups is 1. The molecule has 0 fully saturated rings. The first-order chi connectivity index (χ1) is 16.5. The molecule has 0 bridgehead atoms. The first-order valence-electron chi connectivity index (χ1n) is 10.9. The van der Waals surface area contributed by atoms with Crippen molar-refractivity contribution in [2.24, 2.45) is 10.9 Å². The molecular formula is C27H22F2N2O2S. The van der Waals surface area contributed by atoms with E-state index in [0.29, 0.717) is 16.5 Å². The Morgan fingerprint density at radius 1 is 1.06 bits per heavy atom. The van der Waals surface area contributed by atoms with Crippen molar-refractivity contribution in [2.45, 2.75) is 17.7 Å². The number of carbonyl (C=O) groups is 1. The Morgan fingerprint density at radius 3 is 2.47 bits per heavy atom. The Hall–Kier alpha value is -3.45. The van der Waals surface area contributed by atoms with Crippen LogP contribution in [0.1, 0.15) is 28.4 Å². The van der Waals surface area contributed by atoms with Crippen molar-refractivity contribution in [3.63, 3.8) is 0 Å². The van der Waals surface area contributed by atoms with Crippen molar-refractivity contribution in [3.8, 4) is 0 Å². The van der Waals surface area contributed by atoms with Crippen molar-refractivity contribution in [1.29, 1.82) is 0 Å². The first kappa shape index (κ1) is 22.3. The number of aliphatic imine (C=N–C) groups is 1. The van der Waals surface area contributed by atoms with Crippen LogP contribution in [0.5, 0.6) is 0 Å². The van der Waals surface area contributed by atoms with E-state index in [9.17, 15) is 9.18 Å². The zero-order valence-electron chi connectivity index (χ0n) is 18.4. The van der Waals surface area contributed by atoms with Crippen LogP contribution in [0.2, 0.25) is 0 Å². The van der Waals surface area contributed by atoms with Crippen molar-refractivity contribution >= 4 is 28.6 Å². The fourth-order valence-corrected chi connectivity index (χ4v) is 5.65. The molecule has 4 nitrogen and oxygen atoms in total. The lowest BCUT2D eigenvalue weighted by atomic mass is 9.75. The minimum atomic E-state index is -1.15. The number of amides is 1. The van der Waals surface area contributed by atoms with Crippen LogP contribution >= 0.6 is 11.8 Å². The van der Waals surface area contributed by atoms with E-state index in [1.807, 2.05) is 49.4 Å². The van der Waals surface area contributed by atoms with Crippen molar-refractivity contribution in [1.82, 2.24) is 5.32 Å². The third-order valence-corrected chi connectivity index (χ3v) is 7.23. The predicted octanol–water partition coefficient (Wildman–Crippen LogP) is 5.77. The quantitative estimate of drug-likeness (QED) is 0.522. The van der Waals surface area contributed by atoms with E-state index in [1.54, 1.807) is 24.3 Å². The number of carbonyl (C=O) groups excluding carboxylic acids is 1. The highest BCUT2D eigenvalue weighted by Crippen LogP contribution is 2.49. The van der Waals surface area contributed by atoms with Crippen LogP contribution in [0.15, 0.2) is 89.9 Å². The lowest BCUT2D eigenvalue weighted by molar-refractivity contribution is 0.0975. The molecule has 1 N–H and O–H groups in total. The minimum Gasteiger partial charge on any atom is -0.490 e. The van der Waals surface area contributed by atoms with Gasteiger partial charge in [-0.25, -0.2) is 13.8 Å². The second kappa shape index (κ2) is 9.06. The number of amidine groups is 1. The van der Waals surface area contributed by atoms with Crippen LogP contribution in [-0.4, -0.2) is 22.9 Å². The van der Waals surface area contributed by atoms with Gasteiger partial charge in [0.25, 0.3) is 5.91 Å². The largest absolute Gasteiger partial charge is 0.490 e. The predicted molar refractivity (Wildman–Crippen MR) is 130 cm³/mol. The average molecular weight is 477 g/mol. The lowest BCUT2D eigenvalue weighted by Gasteiger charge is -2.45. The molecular weight excluding hydrogens is 454 g/mol. The monoisotopic (exact) mass is 476 g/mol. The molecule has 0 aliphatic carbocycles. The fraction of sp³-hybridized carbons (Fsp3) is 0.185. The highest BCUT2D eigenvalue weighted by molar-refractivity contribution is 8.14. The Morgan fingerprint density at radius 2 is 1.76 bits per heavy atom. The van der Waals surface area contributed by atoms with Gasteiger partial charge >= 0.3 is 0 Å². The molecule has 2 aliphatic rings. The summed E-state index contributed by atoms with van der Waals surface area (Å²) in [5, 5.41) is 3.17. The molecule has 2 heterocycles. The molecule has 34 heavy (non-hydrogen) atoms. The summed E-state index contributed by atoms with van der Waals surface area (Å²) in [5.74, 6) is -1.21. The van der Waals surface area contributed by atoms with Gasteiger partial charge in [0, 0.05) is 33.9 Å².